The second-order valence-corrected chi connectivity index (χ2v) is 5.18. The third-order valence-corrected chi connectivity index (χ3v) is 3.64. The summed E-state index contributed by atoms with van der Waals surface area (Å²) in [5.74, 6) is 0.118. The first-order valence-electron chi connectivity index (χ1n) is 7.67. The van der Waals surface area contributed by atoms with Gasteiger partial charge in [0.05, 0.1) is 12.1 Å². The fourth-order valence-corrected chi connectivity index (χ4v) is 2.53. The molecule has 1 aromatic heterocycles. The van der Waals surface area contributed by atoms with E-state index in [1.165, 1.54) is 0 Å². The predicted molar refractivity (Wildman–Crippen MR) is 95.4 cm³/mol. The van der Waals surface area contributed by atoms with Gasteiger partial charge in [0.15, 0.2) is 0 Å². The molecule has 3 aromatic rings. The Kier molecular flexibility index (Phi) is 6.31. The fourth-order valence-electron chi connectivity index (χ4n) is 2.53. The second kappa shape index (κ2) is 8.65. The third-order valence-electron chi connectivity index (χ3n) is 3.64. The molecule has 0 fully saturated rings. The third kappa shape index (κ3) is 4.24. The van der Waals surface area contributed by atoms with Crippen LogP contribution in [0.3, 0.4) is 0 Å². The van der Waals surface area contributed by atoms with Gasteiger partial charge in [-0.3, -0.25) is 4.79 Å². The van der Waals surface area contributed by atoms with Gasteiger partial charge in [-0.2, -0.15) is 0 Å². The molecule has 0 aliphatic rings. The predicted octanol–water partition coefficient (Wildman–Crippen LogP) is 2.13. The minimum Gasteiger partial charge on any atom is -0.489 e. The molecule has 0 unspecified atom stereocenters. The van der Waals surface area contributed by atoms with Crippen molar-refractivity contribution >= 4 is 23.1 Å². The van der Waals surface area contributed by atoms with E-state index in [1.54, 1.807) is 16.8 Å². The maximum absolute atomic E-state index is 11.6. The lowest BCUT2D eigenvalue weighted by atomic mass is 10.1. The summed E-state index contributed by atoms with van der Waals surface area (Å²) in [6.45, 7) is 0.612. The van der Waals surface area contributed by atoms with E-state index in [0.717, 1.165) is 24.5 Å². The van der Waals surface area contributed by atoms with E-state index < -0.39 is 5.91 Å². The van der Waals surface area contributed by atoms with Crippen molar-refractivity contribution < 1.29 is 19.4 Å². The first-order valence-corrected chi connectivity index (χ1v) is 7.67. The van der Waals surface area contributed by atoms with Crippen molar-refractivity contribution in [3.05, 3.63) is 65.9 Å². The van der Waals surface area contributed by atoms with Gasteiger partial charge in [-0.15, -0.1) is 0 Å². The number of aromatic nitrogens is 1. The zero-order chi connectivity index (χ0) is 18.2. The van der Waals surface area contributed by atoms with Crippen LogP contribution in [0.5, 0.6) is 5.75 Å². The molecule has 0 spiro atoms. The number of carbonyl (C=O) groups excluding carboxylic acids is 2. The molecule has 1 amide bonds. The number of aliphatic hydroxyl groups excluding tert-OH is 1. The summed E-state index contributed by atoms with van der Waals surface area (Å²) in [5.41, 5.74) is 7.64. The number of primary amides is 1. The maximum atomic E-state index is 11.6. The van der Waals surface area contributed by atoms with Crippen LogP contribution in [0, 0.1) is 0 Å². The Hall–Kier alpha value is -3.12. The average molecular weight is 340 g/mol. The van der Waals surface area contributed by atoms with E-state index in [4.69, 9.17) is 15.6 Å². The molecule has 3 N–H and O–H groups in total. The van der Waals surface area contributed by atoms with Crippen molar-refractivity contribution in [3.8, 4) is 5.75 Å². The van der Waals surface area contributed by atoms with Crippen LogP contribution >= 0.6 is 0 Å². The van der Waals surface area contributed by atoms with Gasteiger partial charge in [0.2, 0.25) is 0 Å². The number of hydrogen-bond acceptors (Lipinski definition) is 4. The molecule has 0 saturated carbocycles. The number of hydrogen-bond donors (Lipinski definition) is 2. The molecular weight excluding hydrogens is 320 g/mol. The van der Waals surface area contributed by atoms with Gasteiger partial charge in [0.25, 0.3) is 5.91 Å². The van der Waals surface area contributed by atoms with Crippen LogP contribution in [0.15, 0.2) is 54.7 Å². The number of benzene rings is 2. The van der Waals surface area contributed by atoms with Gasteiger partial charge < -0.3 is 24.9 Å². The Morgan fingerprint density at radius 1 is 1.20 bits per heavy atom. The lowest BCUT2D eigenvalue weighted by Crippen LogP contribution is -2.10. The molecular formula is C19H20N2O4. The normalized spacial score (nSPS) is 10.0. The Labute approximate surface area is 145 Å². The largest absolute Gasteiger partial charge is 0.489 e. The molecule has 3 rings (SSSR count). The van der Waals surface area contributed by atoms with Crippen LogP contribution < -0.4 is 10.5 Å². The molecule has 0 bridgehead atoms. The van der Waals surface area contributed by atoms with Crippen LogP contribution in [0.25, 0.3) is 10.9 Å². The molecule has 0 aliphatic carbocycles. The molecule has 0 aliphatic heterocycles. The number of carbonyl (C=O) groups is 2. The molecule has 0 atom stereocenters. The molecule has 25 heavy (non-hydrogen) atoms. The number of ether oxygens (including phenoxy) is 1. The standard InChI is InChI=1S/C18H16N2O3.CH4O/c19-18(22)16-11-20(8-9-21)17-7-6-14(10-15(16)17)23-12-13-4-2-1-3-5-13;1-2/h1-7,9-11H,8,12H2,(H2,19,22);2H,1H3. The van der Waals surface area contributed by atoms with E-state index in [2.05, 4.69) is 0 Å². The fraction of sp³-hybridized carbons (Fsp3) is 0.158. The van der Waals surface area contributed by atoms with Crippen LogP contribution in [0.4, 0.5) is 0 Å². The second-order valence-electron chi connectivity index (χ2n) is 5.18. The maximum Gasteiger partial charge on any atom is 0.250 e. The van der Waals surface area contributed by atoms with Crippen LogP contribution in [0.2, 0.25) is 0 Å². The monoisotopic (exact) mass is 340 g/mol. The summed E-state index contributed by atoms with van der Waals surface area (Å²) in [7, 11) is 1.00. The summed E-state index contributed by atoms with van der Waals surface area (Å²) in [6, 6.07) is 15.2. The molecule has 2 aromatic carbocycles. The van der Waals surface area contributed by atoms with Crippen molar-refractivity contribution in [1.82, 2.24) is 4.57 Å². The van der Waals surface area contributed by atoms with E-state index in [-0.39, 0.29) is 6.54 Å². The first kappa shape index (κ1) is 18.2. The minimum atomic E-state index is -0.528. The number of nitrogens with zero attached hydrogens (tertiary/aromatic N) is 1. The average Bonchev–Trinajstić information content (AvgIpc) is 3.01. The van der Waals surface area contributed by atoms with Crippen molar-refractivity contribution in [3.63, 3.8) is 0 Å². The zero-order valence-electron chi connectivity index (χ0n) is 13.9. The highest BCUT2D eigenvalue weighted by atomic mass is 16.5. The number of rotatable bonds is 6. The molecule has 1 heterocycles. The van der Waals surface area contributed by atoms with Gasteiger partial charge in [-0.05, 0) is 23.8 Å². The SMILES string of the molecule is CO.NC(=O)c1cn(CC=O)c2ccc(OCc3ccccc3)cc12. The van der Waals surface area contributed by atoms with Gasteiger partial charge in [-0.25, -0.2) is 0 Å². The summed E-state index contributed by atoms with van der Waals surface area (Å²) in [4.78, 5) is 22.4. The van der Waals surface area contributed by atoms with Crippen molar-refractivity contribution in [1.29, 1.82) is 0 Å². The number of aldehydes is 1. The van der Waals surface area contributed by atoms with Gasteiger partial charge in [0, 0.05) is 24.2 Å². The number of fused-ring (bicyclic) bond motifs is 1. The van der Waals surface area contributed by atoms with Gasteiger partial charge in [-0.1, -0.05) is 30.3 Å². The number of amides is 1. The highest BCUT2D eigenvalue weighted by Crippen LogP contribution is 2.26. The first-order chi connectivity index (χ1) is 12.2. The lowest BCUT2D eigenvalue weighted by Gasteiger charge is -2.07. The highest BCUT2D eigenvalue weighted by molar-refractivity contribution is 6.06. The van der Waals surface area contributed by atoms with Crippen molar-refractivity contribution in [2.24, 2.45) is 5.73 Å². The summed E-state index contributed by atoms with van der Waals surface area (Å²) in [6.07, 6.45) is 2.38. The van der Waals surface area contributed by atoms with Crippen molar-refractivity contribution in [2.45, 2.75) is 13.2 Å². The molecule has 130 valence electrons. The van der Waals surface area contributed by atoms with Crippen molar-refractivity contribution in [2.75, 3.05) is 7.11 Å². The highest BCUT2D eigenvalue weighted by Gasteiger charge is 2.13. The van der Waals surface area contributed by atoms with E-state index >= 15 is 0 Å². The van der Waals surface area contributed by atoms with Crippen LogP contribution in [-0.4, -0.2) is 29.0 Å². The molecule has 6 nitrogen and oxygen atoms in total. The smallest absolute Gasteiger partial charge is 0.250 e. The molecule has 6 heteroatoms. The zero-order valence-corrected chi connectivity index (χ0v) is 13.9. The Morgan fingerprint density at radius 2 is 1.92 bits per heavy atom. The quantitative estimate of drug-likeness (QED) is 0.672. The lowest BCUT2D eigenvalue weighted by molar-refractivity contribution is -0.108. The molecule has 0 saturated heterocycles. The Morgan fingerprint density at radius 3 is 2.56 bits per heavy atom. The number of nitrogens with two attached hydrogens (primary N) is 1. The van der Waals surface area contributed by atoms with E-state index in [0.29, 0.717) is 23.3 Å². The van der Waals surface area contributed by atoms with E-state index in [1.807, 2.05) is 42.5 Å². The summed E-state index contributed by atoms with van der Waals surface area (Å²) < 4.78 is 7.47. The minimum absolute atomic E-state index is 0.175. The number of aliphatic hydroxyl groups is 1. The van der Waals surface area contributed by atoms with Crippen LogP contribution in [-0.2, 0) is 17.9 Å². The summed E-state index contributed by atoms with van der Waals surface area (Å²) >= 11 is 0. The van der Waals surface area contributed by atoms with Crippen LogP contribution in [0.1, 0.15) is 15.9 Å². The Bertz CT molecular complexity index is 856. The van der Waals surface area contributed by atoms with Gasteiger partial charge >= 0.3 is 0 Å². The van der Waals surface area contributed by atoms with E-state index in [9.17, 15) is 9.59 Å². The molecule has 0 radical (unpaired) electrons. The summed E-state index contributed by atoms with van der Waals surface area (Å²) in [5, 5.41) is 7.69. The topological polar surface area (TPSA) is 94.5 Å². The Balaban J connectivity index is 0.00000109. The van der Waals surface area contributed by atoms with Gasteiger partial charge in [0.1, 0.15) is 18.6 Å².